The Bertz CT molecular complexity index is 577. The zero-order valence-corrected chi connectivity index (χ0v) is 13.6. The average molecular weight is 285 g/mol. The van der Waals surface area contributed by atoms with Crippen molar-refractivity contribution in [2.45, 2.75) is 39.7 Å². The van der Waals surface area contributed by atoms with Crippen molar-refractivity contribution in [2.75, 3.05) is 13.7 Å². The fourth-order valence-corrected chi connectivity index (χ4v) is 2.73. The van der Waals surface area contributed by atoms with Crippen molar-refractivity contribution in [1.29, 1.82) is 0 Å². The quantitative estimate of drug-likeness (QED) is 0.813. The van der Waals surface area contributed by atoms with E-state index in [4.69, 9.17) is 4.74 Å². The molecule has 2 aromatic carbocycles. The molecule has 2 aromatic rings. The highest BCUT2D eigenvalue weighted by atomic mass is 16.5. The number of rotatable bonds is 7. The minimum atomic E-state index is 0.516. The van der Waals surface area contributed by atoms with Gasteiger partial charge in [0.15, 0.2) is 0 Å². The number of hydrogen-bond acceptors (Lipinski definition) is 2. The van der Waals surface area contributed by atoms with Crippen LogP contribution in [0.25, 0.3) is 10.8 Å². The Morgan fingerprint density at radius 2 is 1.95 bits per heavy atom. The van der Waals surface area contributed by atoms with Gasteiger partial charge in [0.05, 0.1) is 7.11 Å². The van der Waals surface area contributed by atoms with Crippen molar-refractivity contribution < 1.29 is 4.74 Å². The molecule has 21 heavy (non-hydrogen) atoms. The fourth-order valence-electron chi connectivity index (χ4n) is 2.73. The topological polar surface area (TPSA) is 21.3 Å². The van der Waals surface area contributed by atoms with E-state index in [1.165, 1.54) is 22.8 Å². The first-order valence-electron chi connectivity index (χ1n) is 7.94. The van der Waals surface area contributed by atoms with Crippen LogP contribution in [-0.2, 0) is 6.42 Å². The fraction of sp³-hybridized carbons (Fsp3) is 0.474. The van der Waals surface area contributed by atoms with Crippen LogP contribution in [0, 0.1) is 5.92 Å². The molecule has 0 amide bonds. The zero-order chi connectivity index (χ0) is 15.2. The van der Waals surface area contributed by atoms with E-state index in [0.29, 0.717) is 12.0 Å². The Hall–Kier alpha value is -1.54. The van der Waals surface area contributed by atoms with Crippen LogP contribution in [0.1, 0.15) is 32.8 Å². The summed E-state index contributed by atoms with van der Waals surface area (Å²) in [5.74, 6) is 1.55. The molecule has 0 fully saturated rings. The van der Waals surface area contributed by atoms with E-state index >= 15 is 0 Å². The van der Waals surface area contributed by atoms with E-state index in [9.17, 15) is 0 Å². The Balaban J connectivity index is 2.31. The lowest BCUT2D eigenvalue weighted by molar-refractivity contribution is 0.398. The second kappa shape index (κ2) is 7.46. The van der Waals surface area contributed by atoms with Crippen molar-refractivity contribution in [3.05, 3.63) is 42.0 Å². The third-order valence-electron chi connectivity index (χ3n) is 4.08. The van der Waals surface area contributed by atoms with Crippen molar-refractivity contribution in [3.63, 3.8) is 0 Å². The lowest BCUT2D eigenvalue weighted by Gasteiger charge is -2.23. The van der Waals surface area contributed by atoms with Crippen molar-refractivity contribution >= 4 is 10.8 Å². The molecule has 0 saturated carbocycles. The maximum Gasteiger partial charge on any atom is 0.119 e. The summed E-state index contributed by atoms with van der Waals surface area (Å²) < 4.78 is 5.38. The van der Waals surface area contributed by atoms with E-state index in [1.807, 2.05) is 6.07 Å². The molecule has 0 heterocycles. The maximum atomic E-state index is 5.38. The number of ether oxygens (including phenoxy) is 1. The van der Waals surface area contributed by atoms with Gasteiger partial charge in [0.1, 0.15) is 5.75 Å². The number of hydrogen-bond donors (Lipinski definition) is 1. The molecule has 2 heteroatoms. The summed E-state index contributed by atoms with van der Waals surface area (Å²) in [6, 6.07) is 13.4. The lowest BCUT2D eigenvalue weighted by atomic mass is 9.93. The van der Waals surface area contributed by atoms with Crippen LogP contribution >= 0.6 is 0 Å². The molecule has 0 saturated heterocycles. The third kappa shape index (κ3) is 3.98. The van der Waals surface area contributed by atoms with Crippen molar-refractivity contribution in [3.8, 4) is 5.75 Å². The van der Waals surface area contributed by atoms with Crippen molar-refractivity contribution in [2.24, 2.45) is 5.92 Å². The van der Waals surface area contributed by atoms with Crippen LogP contribution in [0.3, 0.4) is 0 Å². The van der Waals surface area contributed by atoms with Crippen LogP contribution in [0.4, 0.5) is 0 Å². The second-order valence-electron chi connectivity index (χ2n) is 6.01. The van der Waals surface area contributed by atoms with E-state index in [2.05, 4.69) is 56.4 Å². The smallest absolute Gasteiger partial charge is 0.119 e. The molecule has 0 bridgehead atoms. The number of fused-ring (bicyclic) bond motifs is 1. The standard InChI is InChI=1S/C19H27NO/c1-5-11-20-19(14(2)3)12-16-8-6-7-15-9-10-17(21-4)13-18(15)16/h6-10,13-14,19-20H,5,11-12H2,1-4H3. The molecule has 0 aliphatic rings. The van der Waals surface area contributed by atoms with Crippen molar-refractivity contribution in [1.82, 2.24) is 5.32 Å². The normalized spacial score (nSPS) is 12.8. The molecule has 0 spiro atoms. The van der Waals surface area contributed by atoms with E-state index in [0.717, 1.165) is 18.7 Å². The monoisotopic (exact) mass is 285 g/mol. The summed E-state index contributed by atoms with van der Waals surface area (Å²) in [5, 5.41) is 6.27. The summed E-state index contributed by atoms with van der Waals surface area (Å²) in [4.78, 5) is 0. The maximum absolute atomic E-state index is 5.38. The molecule has 1 unspecified atom stereocenters. The van der Waals surface area contributed by atoms with Gasteiger partial charge in [-0.25, -0.2) is 0 Å². The molecule has 0 aliphatic heterocycles. The summed E-state index contributed by atoms with van der Waals surface area (Å²) in [6.07, 6.45) is 2.23. The minimum Gasteiger partial charge on any atom is -0.497 e. The van der Waals surface area contributed by atoms with E-state index in [1.54, 1.807) is 7.11 Å². The Kier molecular flexibility index (Phi) is 5.63. The highest BCUT2D eigenvalue weighted by Gasteiger charge is 2.14. The second-order valence-corrected chi connectivity index (χ2v) is 6.01. The van der Waals surface area contributed by atoms with Crippen LogP contribution < -0.4 is 10.1 Å². The average Bonchev–Trinajstić information content (AvgIpc) is 2.50. The number of nitrogens with one attached hydrogen (secondary N) is 1. The third-order valence-corrected chi connectivity index (χ3v) is 4.08. The first kappa shape index (κ1) is 15.8. The molecular formula is C19H27NO. The molecule has 1 N–H and O–H groups in total. The lowest BCUT2D eigenvalue weighted by Crippen LogP contribution is -2.36. The summed E-state index contributed by atoms with van der Waals surface area (Å²) in [6.45, 7) is 7.88. The van der Waals surface area contributed by atoms with Gasteiger partial charge in [-0.1, -0.05) is 45.0 Å². The highest BCUT2D eigenvalue weighted by molar-refractivity contribution is 5.87. The van der Waals surface area contributed by atoms with E-state index in [-0.39, 0.29) is 0 Å². The zero-order valence-electron chi connectivity index (χ0n) is 13.6. The van der Waals surface area contributed by atoms with E-state index < -0.39 is 0 Å². The Morgan fingerprint density at radius 1 is 1.14 bits per heavy atom. The first-order chi connectivity index (χ1) is 10.2. The largest absolute Gasteiger partial charge is 0.497 e. The van der Waals surface area contributed by atoms with Gasteiger partial charge in [-0.05, 0) is 53.8 Å². The SMILES string of the molecule is CCCNC(Cc1cccc2ccc(OC)cc12)C(C)C. The Morgan fingerprint density at radius 3 is 2.62 bits per heavy atom. The van der Waals surface area contributed by atoms with Crippen LogP contribution in [0.15, 0.2) is 36.4 Å². The molecule has 114 valence electrons. The molecule has 2 rings (SSSR count). The minimum absolute atomic E-state index is 0.516. The van der Waals surface area contributed by atoms with Gasteiger partial charge in [-0.2, -0.15) is 0 Å². The Labute approximate surface area is 128 Å². The summed E-state index contributed by atoms with van der Waals surface area (Å²) in [5.41, 5.74) is 1.40. The predicted octanol–water partition coefficient (Wildman–Crippen LogP) is 4.42. The van der Waals surface area contributed by atoms with Crippen LogP contribution in [0.5, 0.6) is 5.75 Å². The van der Waals surface area contributed by atoms with Gasteiger partial charge < -0.3 is 10.1 Å². The molecule has 0 radical (unpaired) electrons. The van der Waals surface area contributed by atoms with Gasteiger partial charge in [-0.15, -0.1) is 0 Å². The summed E-state index contributed by atoms with van der Waals surface area (Å²) in [7, 11) is 1.73. The number of methoxy groups -OCH3 is 1. The highest BCUT2D eigenvalue weighted by Crippen LogP contribution is 2.25. The first-order valence-corrected chi connectivity index (χ1v) is 7.94. The van der Waals surface area contributed by atoms with Gasteiger partial charge >= 0.3 is 0 Å². The molecule has 2 nitrogen and oxygen atoms in total. The summed E-state index contributed by atoms with van der Waals surface area (Å²) >= 11 is 0. The van der Waals surface area contributed by atoms with Gasteiger partial charge in [0.25, 0.3) is 0 Å². The molecule has 0 aliphatic carbocycles. The molecule has 1 atom stereocenters. The number of benzene rings is 2. The molecule has 0 aromatic heterocycles. The van der Waals surface area contributed by atoms with Gasteiger partial charge in [-0.3, -0.25) is 0 Å². The molecular weight excluding hydrogens is 258 g/mol. The predicted molar refractivity (Wildman–Crippen MR) is 91.1 cm³/mol. The van der Waals surface area contributed by atoms with Gasteiger partial charge in [0.2, 0.25) is 0 Å². The van der Waals surface area contributed by atoms with Gasteiger partial charge in [0, 0.05) is 6.04 Å². The van der Waals surface area contributed by atoms with Crippen LogP contribution in [0.2, 0.25) is 0 Å². The van der Waals surface area contributed by atoms with Crippen LogP contribution in [-0.4, -0.2) is 19.7 Å².